The molecule has 2 aliphatic carbocycles. The molecule has 22 heavy (non-hydrogen) atoms. The Labute approximate surface area is 122 Å². The fourth-order valence-electron chi connectivity index (χ4n) is 3.86. The minimum Gasteiger partial charge on any atom is -0.385 e. The van der Waals surface area contributed by atoms with Gasteiger partial charge >= 0.3 is 12.4 Å². The number of alkyl halides is 6. The van der Waals surface area contributed by atoms with Gasteiger partial charge in [0.1, 0.15) is 0 Å². The van der Waals surface area contributed by atoms with Crippen LogP contribution in [0.15, 0.2) is 18.2 Å². The van der Waals surface area contributed by atoms with Gasteiger partial charge in [0.15, 0.2) is 0 Å². The smallest absolute Gasteiger partial charge is 0.385 e. The zero-order chi connectivity index (χ0) is 16.3. The first-order valence-electron chi connectivity index (χ1n) is 7.02. The molecule has 3 unspecified atom stereocenters. The number of halogens is 6. The summed E-state index contributed by atoms with van der Waals surface area (Å²) in [5.74, 6) is -0.0825. The van der Waals surface area contributed by atoms with Crippen LogP contribution in [0.2, 0.25) is 0 Å². The van der Waals surface area contributed by atoms with Crippen LogP contribution >= 0.6 is 0 Å². The number of benzene rings is 1. The van der Waals surface area contributed by atoms with Crippen molar-refractivity contribution >= 4 is 0 Å². The second-order valence-corrected chi connectivity index (χ2v) is 6.30. The van der Waals surface area contributed by atoms with E-state index in [2.05, 4.69) is 0 Å². The van der Waals surface area contributed by atoms with Crippen molar-refractivity contribution < 1.29 is 31.4 Å². The molecule has 0 radical (unpaired) electrons. The molecule has 2 fully saturated rings. The minimum atomic E-state index is -4.88. The Kier molecular flexibility index (Phi) is 3.29. The quantitative estimate of drug-likeness (QED) is 0.740. The van der Waals surface area contributed by atoms with Gasteiger partial charge in [0.25, 0.3) is 0 Å². The van der Waals surface area contributed by atoms with E-state index in [0.29, 0.717) is 25.0 Å². The monoisotopic (exact) mass is 324 g/mol. The molecule has 122 valence electrons. The minimum absolute atomic E-state index is 0.0973. The van der Waals surface area contributed by atoms with E-state index in [1.54, 1.807) is 0 Å². The average Bonchev–Trinajstić information content (AvgIpc) is 2.96. The maximum atomic E-state index is 12.9. The highest BCUT2D eigenvalue weighted by Crippen LogP contribution is 2.56. The Morgan fingerprint density at radius 3 is 1.82 bits per heavy atom. The van der Waals surface area contributed by atoms with Gasteiger partial charge in [0.05, 0.1) is 16.7 Å². The first kappa shape index (κ1) is 15.6. The largest absolute Gasteiger partial charge is 0.416 e. The summed E-state index contributed by atoms with van der Waals surface area (Å²) < 4.78 is 77.3. The lowest BCUT2D eigenvalue weighted by Crippen LogP contribution is -2.33. The van der Waals surface area contributed by atoms with E-state index >= 15 is 0 Å². The third-order valence-electron chi connectivity index (χ3n) is 4.90. The van der Waals surface area contributed by atoms with Crippen molar-refractivity contribution in [1.29, 1.82) is 0 Å². The van der Waals surface area contributed by atoms with E-state index < -0.39 is 29.1 Å². The Balaban J connectivity index is 2.11. The number of hydrogen-bond acceptors (Lipinski definition) is 1. The summed E-state index contributed by atoms with van der Waals surface area (Å²) in [6, 6.07) is 1.42. The zero-order valence-electron chi connectivity index (χ0n) is 11.4. The highest BCUT2D eigenvalue weighted by atomic mass is 19.4. The SMILES string of the molecule is OC1(c2cc(C(F)(F)F)cc(C(F)(F)F)c2)CC2CCC1C2. The van der Waals surface area contributed by atoms with Crippen molar-refractivity contribution in [2.24, 2.45) is 11.8 Å². The molecule has 3 atom stereocenters. The van der Waals surface area contributed by atoms with E-state index in [1.165, 1.54) is 0 Å². The Morgan fingerprint density at radius 2 is 1.45 bits per heavy atom. The number of rotatable bonds is 1. The van der Waals surface area contributed by atoms with Gasteiger partial charge in [0, 0.05) is 0 Å². The number of aliphatic hydroxyl groups is 1. The van der Waals surface area contributed by atoms with Crippen LogP contribution in [-0.2, 0) is 18.0 Å². The summed E-state index contributed by atoms with van der Waals surface area (Å²) in [4.78, 5) is 0. The van der Waals surface area contributed by atoms with E-state index in [9.17, 15) is 31.4 Å². The van der Waals surface area contributed by atoms with Crippen molar-refractivity contribution in [3.63, 3.8) is 0 Å². The molecule has 0 spiro atoms. The summed E-state index contributed by atoms with van der Waals surface area (Å²) in [7, 11) is 0. The molecule has 0 aromatic heterocycles. The van der Waals surface area contributed by atoms with Crippen LogP contribution in [0.3, 0.4) is 0 Å². The lowest BCUT2D eigenvalue weighted by molar-refractivity contribution is -0.143. The molecule has 0 aliphatic heterocycles. The topological polar surface area (TPSA) is 20.2 Å². The molecule has 7 heteroatoms. The Morgan fingerprint density at radius 1 is 0.909 bits per heavy atom. The van der Waals surface area contributed by atoms with Crippen molar-refractivity contribution in [3.05, 3.63) is 34.9 Å². The van der Waals surface area contributed by atoms with Crippen LogP contribution in [0.25, 0.3) is 0 Å². The summed E-state index contributed by atoms with van der Waals surface area (Å²) in [6.07, 6.45) is -7.37. The molecule has 2 aliphatic rings. The molecule has 0 amide bonds. The van der Waals surface area contributed by atoms with E-state index in [0.717, 1.165) is 6.42 Å². The predicted molar refractivity (Wildman–Crippen MR) is 65.8 cm³/mol. The summed E-state index contributed by atoms with van der Waals surface area (Å²) in [5.41, 5.74) is -4.58. The van der Waals surface area contributed by atoms with E-state index in [4.69, 9.17) is 0 Å². The van der Waals surface area contributed by atoms with Crippen LogP contribution < -0.4 is 0 Å². The highest BCUT2D eigenvalue weighted by molar-refractivity contribution is 5.38. The van der Waals surface area contributed by atoms with Crippen molar-refractivity contribution in [1.82, 2.24) is 0 Å². The highest BCUT2D eigenvalue weighted by Gasteiger charge is 2.52. The number of hydrogen-bond donors (Lipinski definition) is 1. The van der Waals surface area contributed by atoms with Crippen molar-refractivity contribution in [2.45, 2.75) is 43.6 Å². The second-order valence-electron chi connectivity index (χ2n) is 6.30. The predicted octanol–water partition coefficient (Wildman–Crippen LogP) is 4.73. The van der Waals surface area contributed by atoms with Gasteiger partial charge in [-0.15, -0.1) is 0 Å². The van der Waals surface area contributed by atoms with Crippen molar-refractivity contribution in [2.75, 3.05) is 0 Å². The molecule has 0 saturated heterocycles. The molecule has 2 bridgehead atoms. The maximum Gasteiger partial charge on any atom is 0.416 e. The van der Waals surface area contributed by atoms with Crippen molar-refractivity contribution in [3.8, 4) is 0 Å². The zero-order valence-corrected chi connectivity index (χ0v) is 11.4. The standard InChI is InChI=1S/C15H14F6O/c16-14(17,18)11-4-10(5-12(6-11)15(19,20)21)13(22)7-8-1-2-9(13)3-8/h4-6,8-9,22H,1-3,7H2. The van der Waals surface area contributed by atoms with E-state index in [-0.39, 0.29) is 29.9 Å². The summed E-state index contributed by atoms with van der Waals surface area (Å²) >= 11 is 0. The molecule has 3 rings (SSSR count). The molecular weight excluding hydrogens is 310 g/mol. The Hall–Kier alpha value is -1.24. The van der Waals surface area contributed by atoms with Crippen LogP contribution in [0.5, 0.6) is 0 Å². The second kappa shape index (κ2) is 4.63. The van der Waals surface area contributed by atoms with Gasteiger partial charge in [0.2, 0.25) is 0 Å². The molecular formula is C15H14F6O. The third-order valence-corrected chi connectivity index (χ3v) is 4.90. The van der Waals surface area contributed by atoms with Crippen LogP contribution in [0.4, 0.5) is 26.3 Å². The van der Waals surface area contributed by atoms with Gasteiger partial charge in [-0.05, 0) is 61.3 Å². The van der Waals surface area contributed by atoms with Gasteiger partial charge in [-0.1, -0.05) is 0 Å². The summed E-state index contributed by atoms with van der Waals surface area (Å²) in [5, 5.41) is 10.7. The fraction of sp³-hybridized carbons (Fsp3) is 0.600. The van der Waals surface area contributed by atoms with Crippen LogP contribution in [-0.4, -0.2) is 5.11 Å². The van der Waals surface area contributed by atoms with Gasteiger partial charge < -0.3 is 5.11 Å². The average molecular weight is 324 g/mol. The van der Waals surface area contributed by atoms with Gasteiger partial charge in [-0.3, -0.25) is 0 Å². The van der Waals surface area contributed by atoms with Crippen LogP contribution in [0.1, 0.15) is 42.4 Å². The summed E-state index contributed by atoms with van der Waals surface area (Å²) in [6.45, 7) is 0. The van der Waals surface area contributed by atoms with Gasteiger partial charge in [-0.25, -0.2) is 0 Å². The lowest BCUT2D eigenvalue weighted by atomic mass is 9.78. The molecule has 1 aromatic rings. The first-order chi connectivity index (χ1) is 10.00. The normalized spacial score (nSPS) is 31.8. The fourth-order valence-corrected chi connectivity index (χ4v) is 3.86. The maximum absolute atomic E-state index is 12.9. The molecule has 1 aromatic carbocycles. The number of fused-ring (bicyclic) bond motifs is 2. The van der Waals surface area contributed by atoms with Gasteiger partial charge in [-0.2, -0.15) is 26.3 Å². The third kappa shape index (κ3) is 2.49. The Bertz CT molecular complexity index is 558. The molecule has 1 N–H and O–H groups in total. The lowest BCUT2D eigenvalue weighted by Gasteiger charge is -2.34. The molecule has 0 heterocycles. The molecule has 1 nitrogen and oxygen atoms in total. The van der Waals surface area contributed by atoms with Crippen LogP contribution in [0, 0.1) is 11.8 Å². The van der Waals surface area contributed by atoms with E-state index in [1.807, 2.05) is 0 Å². The first-order valence-corrected chi connectivity index (χ1v) is 7.02. The molecule has 2 saturated carbocycles.